The number of carbonyl (C=O) groups excluding carboxylic acids is 1. The molecule has 6 atom stereocenters. The molecule has 0 aromatic heterocycles. The molecule has 3 aliphatic rings. The molecule has 3 aromatic carbocycles. The van der Waals surface area contributed by atoms with Crippen LogP contribution in [0, 0.1) is 38.0 Å². The number of aromatic hydroxyl groups is 1. The van der Waals surface area contributed by atoms with E-state index in [-0.39, 0.29) is 67.7 Å². The number of allylic oxidation sites excluding steroid dienone is 1. The summed E-state index contributed by atoms with van der Waals surface area (Å²) in [6.07, 6.45) is 11.1. The molecule has 1 aliphatic heterocycles. The van der Waals surface area contributed by atoms with Crippen LogP contribution < -0.4 is 4.74 Å². The lowest BCUT2D eigenvalue weighted by Gasteiger charge is -2.59. The number of aliphatic hydroxyl groups excluding tert-OH is 2. The van der Waals surface area contributed by atoms with Gasteiger partial charge in [-0.2, -0.15) is 0 Å². The largest absolute Gasteiger partial charge is 0.508 e. The summed E-state index contributed by atoms with van der Waals surface area (Å²) in [7, 11) is 1.65. The Hall–Kier alpha value is -5.90. The monoisotopic (exact) mass is 810 g/mol. The maximum atomic E-state index is 14.2. The fourth-order valence-electron chi connectivity index (χ4n) is 8.78. The van der Waals surface area contributed by atoms with Gasteiger partial charge >= 0.3 is 0 Å². The molecule has 0 unspecified atom stereocenters. The number of nitro benzene ring substituents is 2. The van der Waals surface area contributed by atoms with Crippen LogP contribution in [0.15, 0.2) is 102 Å². The Balaban J connectivity index is 1.49. The van der Waals surface area contributed by atoms with E-state index in [0.717, 1.165) is 36.8 Å². The van der Waals surface area contributed by atoms with E-state index in [4.69, 9.17) is 19.5 Å². The van der Waals surface area contributed by atoms with Crippen molar-refractivity contribution in [3.63, 3.8) is 0 Å². The molecular formula is C44H50N4O11. The Labute approximate surface area is 342 Å². The van der Waals surface area contributed by atoms with Gasteiger partial charge in [0.15, 0.2) is 0 Å². The number of ether oxygens (including phenoxy) is 2. The zero-order chi connectivity index (χ0) is 42.1. The number of likely N-dealkylation sites (N-methyl/N-ethyl adjacent to an activating group) is 1. The molecule has 0 bridgehead atoms. The highest BCUT2D eigenvalue weighted by Gasteiger charge is 2.65. The van der Waals surface area contributed by atoms with Crippen LogP contribution in [0.3, 0.4) is 0 Å². The molecule has 312 valence electrons. The smallest absolute Gasteiger partial charge is 0.269 e. The molecule has 2 aliphatic carbocycles. The molecule has 15 heteroatoms. The van der Waals surface area contributed by atoms with Crippen molar-refractivity contribution in [1.82, 2.24) is 4.90 Å². The number of hydrogen-bond acceptors (Lipinski definition) is 12. The van der Waals surface area contributed by atoms with Gasteiger partial charge in [0.2, 0.25) is 11.7 Å². The first-order chi connectivity index (χ1) is 28.5. The minimum Gasteiger partial charge on any atom is -0.508 e. The SMILES string of the molecule is C=CCO[C@@]12Oc3ccc(O)cc3[C@H]3[C@H](CCCCO)[C@@H](CCCCO)C=C(C(=NOCc4ccc([N+](=O)[O-])cc4)C[C@@H]1N(C)C(=O)C=Cc1ccc([N+](=O)[O-])cc1)[C@H]32. The van der Waals surface area contributed by atoms with Gasteiger partial charge in [-0.05, 0) is 103 Å². The number of phenols is 1. The highest BCUT2D eigenvalue weighted by Crippen LogP contribution is 2.61. The summed E-state index contributed by atoms with van der Waals surface area (Å²) in [6, 6.07) is 16.0. The Morgan fingerprint density at radius 2 is 1.64 bits per heavy atom. The molecule has 1 amide bonds. The zero-order valence-electron chi connectivity index (χ0n) is 32.9. The minimum atomic E-state index is -1.50. The summed E-state index contributed by atoms with van der Waals surface area (Å²) in [5.41, 5.74) is 3.25. The van der Waals surface area contributed by atoms with Crippen LogP contribution in [0.2, 0.25) is 0 Å². The number of fused-ring (bicyclic) bond motifs is 2. The number of phenolic OH excluding ortho intramolecular Hbond substituents is 1. The van der Waals surface area contributed by atoms with Crippen LogP contribution in [-0.4, -0.2) is 80.4 Å². The summed E-state index contributed by atoms with van der Waals surface area (Å²) in [5.74, 6) is -2.29. The van der Waals surface area contributed by atoms with Crippen molar-refractivity contribution in [2.75, 3.05) is 26.9 Å². The molecule has 3 N–H and O–H groups in total. The lowest BCUT2D eigenvalue weighted by Crippen LogP contribution is -2.69. The van der Waals surface area contributed by atoms with Gasteiger partial charge in [0.25, 0.3) is 11.4 Å². The Morgan fingerprint density at radius 1 is 0.983 bits per heavy atom. The fourth-order valence-corrected chi connectivity index (χ4v) is 8.78. The molecule has 6 rings (SSSR count). The van der Waals surface area contributed by atoms with Gasteiger partial charge in [0.05, 0.1) is 28.1 Å². The van der Waals surface area contributed by atoms with E-state index in [1.54, 1.807) is 66.6 Å². The molecule has 1 saturated carbocycles. The molecular weight excluding hydrogens is 761 g/mol. The second-order valence-corrected chi connectivity index (χ2v) is 15.1. The average Bonchev–Trinajstić information content (AvgIpc) is 3.23. The van der Waals surface area contributed by atoms with Crippen molar-refractivity contribution in [1.29, 1.82) is 0 Å². The van der Waals surface area contributed by atoms with Crippen LogP contribution in [0.4, 0.5) is 11.4 Å². The van der Waals surface area contributed by atoms with Gasteiger partial charge in [-0.1, -0.05) is 30.1 Å². The predicted octanol–water partition coefficient (Wildman–Crippen LogP) is 7.21. The second kappa shape index (κ2) is 19.2. The number of hydrogen-bond donors (Lipinski definition) is 3. The van der Waals surface area contributed by atoms with Crippen LogP contribution >= 0.6 is 0 Å². The fraction of sp³-hybridized carbons (Fsp3) is 0.409. The van der Waals surface area contributed by atoms with Crippen molar-refractivity contribution in [2.24, 2.45) is 22.9 Å². The maximum absolute atomic E-state index is 14.2. The minimum absolute atomic E-state index is 0.00923. The first-order valence-corrected chi connectivity index (χ1v) is 19.8. The normalized spacial score (nSPS) is 23.7. The second-order valence-electron chi connectivity index (χ2n) is 15.1. The molecule has 0 radical (unpaired) electrons. The number of aliphatic hydroxyl groups is 2. The number of unbranched alkanes of at least 4 members (excludes halogenated alkanes) is 2. The lowest BCUT2D eigenvalue weighted by atomic mass is 9.55. The number of benzene rings is 3. The van der Waals surface area contributed by atoms with Crippen LogP contribution in [0.1, 0.15) is 67.6 Å². The Kier molecular flexibility index (Phi) is 13.9. The first-order valence-electron chi connectivity index (χ1n) is 19.8. The van der Waals surface area contributed by atoms with Crippen molar-refractivity contribution >= 4 is 29.1 Å². The molecule has 59 heavy (non-hydrogen) atoms. The lowest BCUT2D eigenvalue weighted by molar-refractivity contribution is -0.385. The highest BCUT2D eigenvalue weighted by molar-refractivity contribution is 6.03. The summed E-state index contributed by atoms with van der Waals surface area (Å²) in [6.45, 7) is 4.09. The number of rotatable bonds is 19. The number of amides is 1. The Morgan fingerprint density at radius 3 is 2.29 bits per heavy atom. The van der Waals surface area contributed by atoms with E-state index in [2.05, 4.69) is 12.7 Å². The van der Waals surface area contributed by atoms with E-state index in [9.17, 15) is 40.3 Å². The summed E-state index contributed by atoms with van der Waals surface area (Å²) in [4.78, 5) is 43.3. The maximum Gasteiger partial charge on any atom is 0.269 e. The van der Waals surface area contributed by atoms with Gasteiger partial charge in [-0.3, -0.25) is 25.0 Å². The third kappa shape index (κ3) is 9.38. The molecule has 1 heterocycles. The number of non-ortho nitro benzene ring substituents is 2. The van der Waals surface area contributed by atoms with Gasteiger partial charge in [-0.25, -0.2) is 0 Å². The molecule has 15 nitrogen and oxygen atoms in total. The topological polar surface area (TPSA) is 207 Å². The van der Waals surface area contributed by atoms with Crippen LogP contribution in [0.25, 0.3) is 6.08 Å². The van der Waals surface area contributed by atoms with Crippen molar-refractivity contribution in [3.05, 3.63) is 134 Å². The highest BCUT2D eigenvalue weighted by atomic mass is 16.7. The van der Waals surface area contributed by atoms with E-state index < -0.39 is 33.5 Å². The molecule has 1 fully saturated rings. The molecule has 0 saturated heterocycles. The van der Waals surface area contributed by atoms with Crippen LogP contribution in [0.5, 0.6) is 11.5 Å². The summed E-state index contributed by atoms with van der Waals surface area (Å²) >= 11 is 0. The summed E-state index contributed by atoms with van der Waals surface area (Å²) in [5, 5.41) is 57.6. The first kappa shape index (κ1) is 42.7. The number of nitrogens with zero attached hydrogens (tertiary/aromatic N) is 4. The number of carbonyl (C=O) groups is 1. The zero-order valence-corrected chi connectivity index (χ0v) is 32.9. The molecule has 3 aromatic rings. The van der Waals surface area contributed by atoms with E-state index in [0.29, 0.717) is 35.4 Å². The Bertz CT molecular complexity index is 2080. The third-order valence-electron chi connectivity index (χ3n) is 11.5. The van der Waals surface area contributed by atoms with Gasteiger partial charge in [0.1, 0.15) is 24.1 Å². The van der Waals surface area contributed by atoms with Crippen molar-refractivity contribution in [3.8, 4) is 11.5 Å². The van der Waals surface area contributed by atoms with Gasteiger partial charge < -0.3 is 34.5 Å². The number of oxime groups is 1. The van der Waals surface area contributed by atoms with E-state index >= 15 is 0 Å². The van der Waals surface area contributed by atoms with E-state index in [1.807, 2.05) is 0 Å². The number of nitro groups is 2. The van der Waals surface area contributed by atoms with Gasteiger partial charge in [-0.15, -0.1) is 6.58 Å². The van der Waals surface area contributed by atoms with Crippen LogP contribution in [-0.2, 0) is 21.0 Å². The van der Waals surface area contributed by atoms with E-state index in [1.165, 1.54) is 30.3 Å². The van der Waals surface area contributed by atoms with Crippen molar-refractivity contribution in [2.45, 2.75) is 69.3 Å². The third-order valence-corrected chi connectivity index (χ3v) is 11.5. The standard InChI is InChI=1S/C44H50N4O11/c1-3-24-57-44-40(46(2)41(52)21-14-29-10-15-32(16-11-29)47(53)54)27-38(45-58-28-30-12-17-33(18-13-30)48(55)56)36-25-31(8-4-6-22-49)35(9-5-7-23-50)42(43(36)44)37-26-34(51)19-20-39(37)59-44/h3,10-21,25-26,31,35,40,42-43,49-51H,1,4-9,22-24,27-28H2,2H3/t31-,35+,40-,42+,43+,44+/m0/s1. The molecule has 0 spiro atoms. The van der Waals surface area contributed by atoms with Crippen molar-refractivity contribution < 1.29 is 44.3 Å². The predicted molar refractivity (Wildman–Crippen MR) is 219 cm³/mol. The quantitative estimate of drug-likeness (QED) is 0.0362. The summed E-state index contributed by atoms with van der Waals surface area (Å²) < 4.78 is 13.9. The average molecular weight is 811 g/mol. The van der Waals surface area contributed by atoms with Gasteiger partial charge in [0, 0.05) is 68.5 Å².